The first kappa shape index (κ1) is 23.6. The summed E-state index contributed by atoms with van der Waals surface area (Å²) in [6.07, 6.45) is 1.11. The summed E-state index contributed by atoms with van der Waals surface area (Å²) >= 11 is 0. The topological polar surface area (TPSA) is 95.1 Å². The normalized spacial score (nSPS) is 19.1. The van der Waals surface area contributed by atoms with Crippen LogP contribution >= 0.6 is 0 Å². The van der Waals surface area contributed by atoms with Gasteiger partial charge < -0.3 is 4.90 Å². The molecule has 0 saturated carbocycles. The first-order valence-corrected chi connectivity index (χ1v) is 13.7. The number of anilines is 1. The number of carbonyl (C=O) groups excluding carboxylic acids is 3. The molecular formula is C28H25N3O5S. The molecule has 6 rings (SSSR count). The third-order valence-corrected chi connectivity index (χ3v) is 9.43. The average Bonchev–Trinajstić information content (AvgIpc) is 3.43. The van der Waals surface area contributed by atoms with E-state index in [1.165, 1.54) is 17.3 Å². The summed E-state index contributed by atoms with van der Waals surface area (Å²) in [5.74, 6) is -0.909. The zero-order valence-corrected chi connectivity index (χ0v) is 21.1. The van der Waals surface area contributed by atoms with Crippen LogP contribution < -0.4 is 4.90 Å². The van der Waals surface area contributed by atoms with Crippen LogP contribution in [0.25, 0.3) is 0 Å². The number of carbonyl (C=O) groups is 3. The lowest BCUT2D eigenvalue weighted by molar-refractivity contribution is -0.116. The minimum Gasteiger partial charge on any atom is -0.312 e. The van der Waals surface area contributed by atoms with E-state index in [-0.39, 0.29) is 23.9 Å². The molecule has 0 saturated heterocycles. The standard InChI is InChI=1S/C28H25N3O5S/c1-18(32)29-14-12-20-16-21(10-11-25(20)29)37(35,36)31-15-13-19-6-2-3-7-22(19)26(31)17-30-27(33)23-8-4-5-9-24(23)28(30)34/h2-11,16,26H,12-15,17H2,1H3/t26-/m0/s1. The van der Waals surface area contributed by atoms with Crippen LogP contribution in [0.4, 0.5) is 5.69 Å². The monoisotopic (exact) mass is 515 g/mol. The van der Waals surface area contributed by atoms with E-state index >= 15 is 0 Å². The van der Waals surface area contributed by atoms with Gasteiger partial charge in [-0.1, -0.05) is 36.4 Å². The summed E-state index contributed by atoms with van der Waals surface area (Å²) in [4.78, 5) is 41.2. The maximum absolute atomic E-state index is 14.0. The largest absolute Gasteiger partial charge is 0.312 e. The number of imide groups is 1. The second kappa shape index (κ2) is 8.64. The van der Waals surface area contributed by atoms with Crippen LogP contribution in [0.5, 0.6) is 0 Å². The van der Waals surface area contributed by atoms with Crippen LogP contribution in [0, 0.1) is 0 Å². The average molecular weight is 516 g/mol. The molecule has 0 unspecified atom stereocenters. The fraction of sp³-hybridized carbons (Fsp3) is 0.250. The predicted octanol–water partition coefficient (Wildman–Crippen LogP) is 3.18. The highest BCUT2D eigenvalue weighted by Gasteiger charge is 2.42. The quantitative estimate of drug-likeness (QED) is 0.498. The zero-order valence-electron chi connectivity index (χ0n) is 20.3. The molecule has 1 atom stereocenters. The Morgan fingerprint density at radius 1 is 0.865 bits per heavy atom. The van der Waals surface area contributed by atoms with Crippen molar-refractivity contribution in [3.05, 3.63) is 94.5 Å². The van der Waals surface area contributed by atoms with E-state index in [1.807, 2.05) is 24.3 Å². The molecule has 0 aromatic heterocycles. The summed E-state index contributed by atoms with van der Waals surface area (Å²) in [6, 6.07) is 18.4. The highest BCUT2D eigenvalue weighted by Crippen LogP contribution is 2.38. The summed E-state index contributed by atoms with van der Waals surface area (Å²) in [5, 5.41) is 0. The fourth-order valence-corrected chi connectivity index (χ4v) is 7.33. The number of sulfonamides is 1. The Bertz CT molecular complexity index is 1550. The molecule has 0 bridgehead atoms. The summed E-state index contributed by atoms with van der Waals surface area (Å²) < 4.78 is 29.5. The first-order chi connectivity index (χ1) is 17.8. The smallest absolute Gasteiger partial charge is 0.261 e. The molecule has 0 radical (unpaired) electrons. The summed E-state index contributed by atoms with van der Waals surface area (Å²) in [5.41, 5.74) is 4.00. The highest BCUT2D eigenvalue weighted by atomic mass is 32.2. The molecule has 3 heterocycles. The van der Waals surface area contributed by atoms with Crippen molar-refractivity contribution in [2.24, 2.45) is 0 Å². The van der Waals surface area contributed by atoms with Gasteiger partial charge in [-0.3, -0.25) is 19.3 Å². The van der Waals surface area contributed by atoms with E-state index in [2.05, 4.69) is 0 Å². The van der Waals surface area contributed by atoms with Crippen molar-refractivity contribution < 1.29 is 22.8 Å². The first-order valence-electron chi connectivity index (χ1n) is 12.2. The molecule has 3 aliphatic rings. The molecule has 0 spiro atoms. The van der Waals surface area contributed by atoms with Gasteiger partial charge in [0.1, 0.15) is 0 Å². The molecule has 8 nitrogen and oxygen atoms in total. The van der Waals surface area contributed by atoms with Gasteiger partial charge in [-0.25, -0.2) is 8.42 Å². The van der Waals surface area contributed by atoms with E-state index < -0.39 is 27.9 Å². The van der Waals surface area contributed by atoms with E-state index in [9.17, 15) is 22.8 Å². The Morgan fingerprint density at radius 3 is 2.22 bits per heavy atom. The second-order valence-corrected chi connectivity index (χ2v) is 11.4. The zero-order chi connectivity index (χ0) is 25.9. The number of rotatable bonds is 4. The van der Waals surface area contributed by atoms with Gasteiger partial charge in [0.25, 0.3) is 11.8 Å². The van der Waals surface area contributed by atoms with E-state index in [0.717, 1.165) is 27.3 Å². The second-order valence-electron chi connectivity index (χ2n) is 9.56. The number of fused-ring (bicyclic) bond motifs is 3. The van der Waals surface area contributed by atoms with Crippen LogP contribution in [0.2, 0.25) is 0 Å². The van der Waals surface area contributed by atoms with Crippen molar-refractivity contribution >= 4 is 33.4 Å². The van der Waals surface area contributed by atoms with Gasteiger partial charge in [0.2, 0.25) is 15.9 Å². The molecule has 188 valence electrons. The molecule has 0 fully saturated rings. The van der Waals surface area contributed by atoms with Crippen LogP contribution in [0.1, 0.15) is 50.4 Å². The van der Waals surface area contributed by atoms with Crippen LogP contribution in [-0.4, -0.2) is 55.0 Å². The Labute approximate surface area is 215 Å². The van der Waals surface area contributed by atoms with Crippen molar-refractivity contribution in [3.63, 3.8) is 0 Å². The molecule has 0 aliphatic carbocycles. The summed E-state index contributed by atoms with van der Waals surface area (Å²) in [7, 11) is -3.98. The molecule has 3 aliphatic heterocycles. The lowest BCUT2D eigenvalue weighted by Gasteiger charge is -2.38. The Hall–Kier alpha value is -3.82. The van der Waals surface area contributed by atoms with Crippen molar-refractivity contribution in [2.45, 2.75) is 30.7 Å². The Morgan fingerprint density at radius 2 is 1.51 bits per heavy atom. The maximum Gasteiger partial charge on any atom is 0.261 e. The van der Waals surface area contributed by atoms with Crippen molar-refractivity contribution in [1.29, 1.82) is 0 Å². The van der Waals surface area contributed by atoms with Crippen LogP contribution in [0.15, 0.2) is 71.6 Å². The van der Waals surface area contributed by atoms with Crippen molar-refractivity contribution in [3.8, 4) is 0 Å². The number of hydrogen-bond donors (Lipinski definition) is 0. The number of amides is 3. The van der Waals surface area contributed by atoms with Crippen LogP contribution in [-0.2, 0) is 27.7 Å². The third-order valence-electron chi connectivity index (χ3n) is 7.53. The van der Waals surface area contributed by atoms with Gasteiger partial charge in [0.05, 0.1) is 28.6 Å². The van der Waals surface area contributed by atoms with Crippen LogP contribution in [0.3, 0.4) is 0 Å². The molecule has 3 aromatic carbocycles. The number of nitrogens with zero attached hydrogens (tertiary/aromatic N) is 3. The third kappa shape index (κ3) is 3.69. The fourth-order valence-electron chi connectivity index (χ4n) is 5.68. The van der Waals surface area contributed by atoms with E-state index in [1.54, 1.807) is 41.3 Å². The SMILES string of the molecule is CC(=O)N1CCc2cc(S(=O)(=O)N3CCc4ccccc4[C@@H]3CN3C(=O)c4ccccc4C3=O)ccc21. The van der Waals surface area contributed by atoms with Gasteiger partial charge in [-0.2, -0.15) is 4.31 Å². The van der Waals surface area contributed by atoms with Gasteiger partial charge >= 0.3 is 0 Å². The lowest BCUT2D eigenvalue weighted by atomic mass is 9.94. The van der Waals surface area contributed by atoms with Gasteiger partial charge in [0, 0.05) is 25.7 Å². The molecule has 9 heteroatoms. The Kier molecular flexibility index (Phi) is 5.50. The minimum atomic E-state index is -3.98. The van der Waals surface area contributed by atoms with Crippen molar-refractivity contribution in [2.75, 3.05) is 24.5 Å². The van der Waals surface area contributed by atoms with Crippen molar-refractivity contribution in [1.82, 2.24) is 9.21 Å². The highest BCUT2D eigenvalue weighted by molar-refractivity contribution is 7.89. The number of hydrogen-bond acceptors (Lipinski definition) is 5. The van der Waals surface area contributed by atoms with Gasteiger partial charge in [-0.05, 0) is 59.9 Å². The van der Waals surface area contributed by atoms with Gasteiger partial charge in [0.15, 0.2) is 0 Å². The molecule has 0 N–H and O–H groups in total. The lowest BCUT2D eigenvalue weighted by Crippen LogP contribution is -2.46. The van der Waals surface area contributed by atoms with E-state index in [0.29, 0.717) is 30.5 Å². The van der Waals surface area contributed by atoms with Gasteiger partial charge in [-0.15, -0.1) is 0 Å². The molecule has 3 amide bonds. The molecule has 37 heavy (non-hydrogen) atoms. The predicted molar refractivity (Wildman–Crippen MR) is 137 cm³/mol. The Balaban J connectivity index is 1.38. The number of benzene rings is 3. The minimum absolute atomic E-state index is 0.0777. The van der Waals surface area contributed by atoms with E-state index in [4.69, 9.17) is 0 Å². The maximum atomic E-state index is 14.0. The molecule has 3 aromatic rings. The molecular weight excluding hydrogens is 490 g/mol. The summed E-state index contributed by atoms with van der Waals surface area (Å²) in [6.45, 7) is 2.16.